The maximum absolute atomic E-state index is 6.06. The summed E-state index contributed by atoms with van der Waals surface area (Å²) in [6.45, 7) is 0.508. The maximum Gasteiger partial charge on any atom is 0.227 e. The fourth-order valence-electron chi connectivity index (χ4n) is 4.49. The highest BCUT2D eigenvalue weighted by Gasteiger charge is 2.21. The van der Waals surface area contributed by atoms with Crippen molar-refractivity contribution in [2.75, 3.05) is 5.32 Å². The third kappa shape index (κ3) is 4.06. The van der Waals surface area contributed by atoms with Crippen molar-refractivity contribution < 1.29 is 4.74 Å². The van der Waals surface area contributed by atoms with Crippen molar-refractivity contribution >= 4 is 28.1 Å². The van der Waals surface area contributed by atoms with Crippen LogP contribution in [0.4, 0.5) is 5.95 Å². The average Bonchev–Trinajstić information content (AvgIpc) is 3.51. The second-order valence-electron chi connectivity index (χ2n) is 8.77. The third-order valence-electron chi connectivity index (χ3n) is 6.36. The summed E-state index contributed by atoms with van der Waals surface area (Å²) in [6.07, 6.45) is 7.46. The largest absolute Gasteiger partial charge is 0.489 e. The zero-order valence-corrected chi connectivity index (χ0v) is 18.7. The molecule has 1 saturated carbocycles. The van der Waals surface area contributed by atoms with Crippen molar-refractivity contribution in [3.05, 3.63) is 66.7 Å². The minimum absolute atomic E-state index is 0.295. The predicted octanol–water partition coefficient (Wildman–Crippen LogP) is 3.95. The van der Waals surface area contributed by atoms with E-state index in [2.05, 4.69) is 25.3 Å². The van der Waals surface area contributed by atoms with Crippen LogP contribution in [0.2, 0.25) is 0 Å². The number of hydrogen-bond donors (Lipinski definition) is 3. The Morgan fingerprint density at radius 3 is 2.74 bits per heavy atom. The highest BCUT2D eigenvalue weighted by atomic mass is 16.5. The van der Waals surface area contributed by atoms with Gasteiger partial charge in [0.05, 0.1) is 17.4 Å². The van der Waals surface area contributed by atoms with Crippen molar-refractivity contribution in [1.82, 2.24) is 29.5 Å². The molecule has 9 heteroatoms. The van der Waals surface area contributed by atoms with Crippen LogP contribution in [0.1, 0.15) is 31.2 Å². The molecule has 6 rings (SSSR count). The van der Waals surface area contributed by atoms with Gasteiger partial charge in [-0.2, -0.15) is 9.97 Å². The Balaban J connectivity index is 1.30. The van der Waals surface area contributed by atoms with Gasteiger partial charge in [-0.15, -0.1) is 0 Å². The monoisotopic (exact) mass is 454 g/mol. The van der Waals surface area contributed by atoms with Crippen LogP contribution in [0.5, 0.6) is 5.75 Å². The Labute approximate surface area is 196 Å². The number of H-pyrrole nitrogens is 1. The first-order chi connectivity index (χ1) is 16.7. The molecule has 4 N–H and O–H groups in total. The van der Waals surface area contributed by atoms with Gasteiger partial charge < -0.3 is 20.8 Å². The van der Waals surface area contributed by atoms with Gasteiger partial charge in [0.25, 0.3) is 0 Å². The van der Waals surface area contributed by atoms with E-state index in [4.69, 9.17) is 15.5 Å². The second kappa shape index (κ2) is 8.75. The van der Waals surface area contributed by atoms with Gasteiger partial charge in [0.1, 0.15) is 18.7 Å². The molecule has 2 aromatic carbocycles. The molecule has 0 amide bonds. The number of aromatic nitrogens is 6. The van der Waals surface area contributed by atoms with Crippen molar-refractivity contribution in [1.29, 1.82) is 0 Å². The van der Waals surface area contributed by atoms with Crippen molar-refractivity contribution in [3.63, 3.8) is 0 Å². The molecular weight excluding hydrogens is 428 g/mol. The summed E-state index contributed by atoms with van der Waals surface area (Å²) < 4.78 is 7.92. The number of benzene rings is 2. The van der Waals surface area contributed by atoms with Crippen molar-refractivity contribution in [2.45, 2.75) is 44.4 Å². The van der Waals surface area contributed by atoms with Crippen LogP contribution < -0.4 is 15.8 Å². The molecule has 34 heavy (non-hydrogen) atoms. The number of nitrogens with zero attached hydrogens (tertiary/aromatic N) is 5. The van der Waals surface area contributed by atoms with Gasteiger partial charge in [0, 0.05) is 18.2 Å². The molecule has 0 radical (unpaired) electrons. The summed E-state index contributed by atoms with van der Waals surface area (Å²) in [5.74, 6) is 2.03. The Kier molecular flexibility index (Phi) is 5.31. The standard InChI is InChI=1S/C25H26N8O/c26-17-6-8-18(9-7-17)30-25-31-23-22(27-14-28-23)24(32-25)33-15-29-20-12-19(10-11-21(20)33)34-13-16-4-2-1-3-5-16/h1-5,10-12,14-15,17-18H,6-9,13,26H2,(H2,27,28,30,31,32)/t17-,18-. The summed E-state index contributed by atoms with van der Waals surface area (Å²) in [4.78, 5) is 21.7. The highest BCUT2D eigenvalue weighted by molar-refractivity contribution is 5.85. The summed E-state index contributed by atoms with van der Waals surface area (Å²) in [5.41, 5.74) is 10.3. The molecule has 0 unspecified atom stereocenters. The Hall–Kier alpha value is -3.98. The number of nitrogens with two attached hydrogens (primary N) is 1. The summed E-state index contributed by atoms with van der Waals surface area (Å²) >= 11 is 0. The van der Waals surface area contributed by atoms with Gasteiger partial charge in [0.15, 0.2) is 17.0 Å². The molecule has 1 fully saturated rings. The lowest BCUT2D eigenvalue weighted by atomic mass is 9.92. The van der Waals surface area contributed by atoms with E-state index in [-0.39, 0.29) is 0 Å². The first-order valence-electron chi connectivity index (χ1n) is 11.6. The number of rotatable bonds is 6. The highest BCUT2D eigenvalue weighted by Crippen LogP contribution is 2.27. The molecule has 0 atom stereocenters. The molecule has 0 bridgehead atoms. The van der Waals surface area contributed by atoms with Crippen molar-refractivity contribution in [3.8, 4) is 11.6 Å². The Morgan fingerprint density at radius 1 is 1.03 bits per heavy atom. The molecule has 1 aliphatic carbocycles. The van der Waals surface area contributed by atoms with Gasteiger partial charge in [-0.25, -0.2) is 9.97 Å². The lowest BCUT2D eigenvalue weighted by molar-refractivity contribution is 0.306. The number of nitrogens with one attached hydrogen (secondary N) is 2. The topological polar surface area (TPSA) is 120 Å². The SMILES string of the molecule is N[C@H]1CC[C@H](Nc2nc(-n3cnc4cc(OCc5ccccc5)ccc43)c3nc[nH]c3n2)CC1. The van der Waals surface area contributed by atoms with Gasteiger partial charge in [-0.3, -0.25) is 4.57 Å². The lowest BCUT2D eigenvalue weighted by Crippen LogP contribution is -2.33. The Bertz CT molecular complexity index is 1420. The normalized spacial score (nSPS) is 18.4. The van der Waals surface area contributed by atoms with Gasteiger partial charge in [-0.1, -0.05) is 30.3 Å². The fourth-order valence-corrected chi connectivity index (χ4v) is 4.49. The molecule has 9 nitrogen and oxygen atoms in total. The average molecular weight is 455 g/mol. The van der Waals surface area contributed by atoms with Crippen LogP contribution in [0.15, 0.2) is 61.2 Å². The van der Waals surface area contributed by atoms with Crippen molar-refractivity contribution in [2.24, 2.45) is 5.73 Å². The van der Waals surface area contributed by atoms with E-state index in [1.54, 1.807) is 12.7 Å². The van der Waals surface area contributed by atoms with E-state index in [0.29, 0.717) is 41.6 Å². The summed E-state index contributed by atoms with van der Waals surface area (Å²) in [7, 11) is 0. The van der Waals surface area contributed by atoms with Crippen LogP contribution in [-0.2, 0) is 6.61 Å². The molecular formula is C25H26N8O. The zero-order chi connectivity index (χ0) is 22.9. The first kappa shape index (κ1) is 20.6. The van der Waals surface area contributed by atoms with Crippen LogP contribution in [0, 0.1) is 0 Å². The minimum Gasteiger partial charge on any atom is -0.489 e. The minimum atomic E-state index is 0.295. The molecule has 5 aromatic rings. The molecule has 0 saturated heterocycles. The summed E-state index contributed by atoms with van der Waals surface area (Å²) in [6, 6.07) is 16.6. The molecule has 172 valence electrons. The molecule has 0 aliphatic heterocycles. The number of hydrogen-bond acceptors (Lipinski definition) is 7. The number of fused-ring (bicyclic) bond motifs is 2. The van der Waals surface area contributed by atoms with Crippen LogP contribution in [0.25, 0.3) is 28.0 Å². The number of anilines is 1. The lowest BCUT2D eigenvalue weighted by Gasteiger charge is -2.26. The quantitative estimate of drug-likeness (QED) is 0.355. The van der Waals surface area contributed by atoms with E-state index >= 15 is 0 Å². The third-order valence-corrected chi connectivity index (χ3v) is 6.36. The molecule has 3 heterocycles. The first-order valence-corrected chi connectivity index (χ1v) is 11.6. The van der Waals surface area contributed by atoms with E-state index in [9.17, 15) is 0 Å². The van der Waals surface area contributed by atoms with Crippen LogP contribution >= 0.6 is 0 Å². The van der Waals surface area contributed by atoms with E-state index in [1.807, 2.05) is 53.1 Å². The van der Waals surface area contributed by atoms with E-state index in [1.165, 1.54) is 0 Å². The predicted molar refractivity (Wildman–Crippen MR) is 131 cm³/mol. The Morgan fingerprint density at radius 2 is 1.88 bits per heavy atom. The van der Waals surface area contributed by atoms with Crippen LogP contribution in [0.3, 0.4) is 0 Å². The van der Waals surface area contributed by atoms with Gasteiger partial charge in [-0.05, 0) is 43.4 Å². The molecule has 3 aromatic heterocycles. The zero-order valence-electron chi connectivity index (χ0n) is 18.7. The summed E-state index contributed by atoms with van der Waals surface area (Å²) in [5, 5.41) is 3.50. The number of imidazole rings is 2. The van der Waals surface area contributed by atoms with Gasteiger partial charge >= 0.3 is 0 Å². The van der Waals surface area contributed by atoms with Crippen LogP contribution in [-0.4, -0.2) is 41.6 Å². The molecule has 1 aliphatic rings. The second-order valence-corrected chi connectivity index (χ2v) is 8.77. The number of ether oxygens (including phenoxy) is 1. The smallest absolute Gasteiger partial charge is 0.227 e. The fraction of sp³-hybridized carbons (Fsp3) is 0.280. The van der Waals surface area contributed by atoms with E-state index in [0.717, 1.165) is 48.0 Å². The van der Waals surface area contributed by atoms with E-state index < -0.39 is 0 Å². The van der Waals surface area contributed by atoms with Gasteiger partial charge in [0.2, 0.25) is 5.95 Å². The molecule has 0 spiro atoms. The number of aromatic amines is 1. The maximum atomic E-state index is 6.06.